The van der Waals surface area contributed by atoms with Crippen molar-refractivity contribution < 1.29 is 4.79 Å². The molecule has 0 aliphatic carbocycles. The molecule has 0 rings (SSSR count). The minimum absolute atomic E-state index is 0.326. The van der Waals surface area contributed by atoms with E-state index in [1.807, 2.05) is 11.9 Å². The van der Waals surface area contributed by atoms with Crippen LogP contribution in [0, 0.1) is 5.92 Å². The SMILES string of the molecule is CCC(C)CCCN(C)C(=O)CCCCCCCN(C)C. The second kappa shape index (κ2) is 13.1. The number of carbonyl (C=O) groups is 1. The third-order valence-corrected chi connectivity index (χ3v) is 4.31. The highest BCUT2D eigenvalue weighted by Crippen LogP contribution is 2.11. The van der Waals surface area contributed by atoms with E-state index in [2.05, 4.69) is 32.8 Å². The Bertz CT molecular complexity index is 254. The van der Waals surface area contributed by atoms with Crippen molar-refractivity contribution in [3.63, 3.8) is 0 Å². The van der Waals surface area contributed by atoms with Crippen molar-refractivity contribution in [2.45, 2.75) is 71.6 Å². The van der Waals surface area contributed by atoms with Crippen LogP contribution in [0.5, 0.6) is 0 Å². The van der Waals surface area contributed by atoms with Crippen LogP contribution in [-0.4, -0.2) is 49.9 Å². The van der Waals surface area contributed by atoms with Crippen LogP contribution in [0.1, 0.15) is 71.6 Å². The van der Waals surface area contributed by atoms with Gasteiger partial charge in [-0.2, -0.15) is 0 Å². The quantitative estimate of drug-likeness (QED) is 0.476. The molecule has 0 fully saturated rings. The molecule has 0 radical (unpaired) electrons. The smallest absolute Gasteiger partial charge is 0.222 e. The van der Waals surface area contributed by atoms with Crippen LogP contribution in [0.2, 0.25) is 0 Å². The van der Waals surface area contributed by atoms with Crippen LogP contribution in [0.15, 0.2) is 0 Å². The van der Waals surface area contributed by atoms with Crippen molar-refractivity contribution in [2.24, 2.45) is 5.92 Å². The molecule has 0 aliphatic heterocycles. The molecule has 0 saturated carbocycles. The van der Waals surface area contributed by atoms with Gasteiger partial charge in [-0.25, -0.2) is 0 Å². The molecule has 21 heavy (non-hydrogen) atoms. The molecule has 0 N–H and O–H groups in total. The Hall–Kier alpha value is -0.570. The Balaban J connectivity index is 3.47. The summed E-state index contributed by atoms with van der Waals surface area (Å²) in [5.41, 5.74) is 0. The second-order valence-electron chi connectivity index (χ2n) is 6.79. The van der Waals surface area contributed by atoms with Gasteiger partial charge in [-0.15, -0.1) is 0 Å². The van der Waals surface area contributed by atoms with Crippen LogP contribution in [0.3, 0.4) is 0 Å². The minimum Gasteiger partial charge on any atom is -0.346 e. The van der Waals surface area contributed by atoms with Gasteiger partial charge in [0.25, 0.3) is 0 Å². The predicted octanol–water partition coefficient (Wildman–Crippen LogP) is 4.17. The average Bonchev–Trinajstić information content (AvgIpc) is 2.45. The molecule has 0 aliphatic rings. The van der Waals surface area contributed by atoms with Crippen LogP contribution in [0.4, 0.5) is 0 Å². The van der Waals surface area contributed by atoms with E-state index in [-0.39, 0.29) is 0 Å². The number of carbonyl (C=O) groups excluding carboxylic acids is 1. The maximum atomic E-state index is 12.0. The van der Waals surface area contributed by atoms with Crippen molar-refractivity contribution in [1.29, 1.82) is 0 Å². The fraction of sp³-hybridized carbons (Fsp3) is 0.944. The van der Waals surface area contributed by atoms with Gasteiger partial charge in [-0.1, -0.05) is 39.5 Å². The highest BCUT2D eigenvalue weighted by Gasteiger charge is 2.08. The van der Waals surface area contributed by atoms with Gasteiger partial charge in [0.2, 0.25) is 5.91 Å². The average molecular weight is 299 g/mol. The summed E-state index contributed by atoms with van der Waals surface area (Å²) in [6.45, 7) is 6.63. The first-order valence-electron chi connectivity index (χ1n) is 8.86. The number of rotatable bonds is 13. The van der Waals surface area contributed by atoms with Crippen molar-refractivity contribution in [1.82, 2.24) is 9.80 Å². The highest BCUT2D eigenvalue weighted by atomic mass is 16.2. The summed E-state index contributed by atoms with van der Waals surface area (Å²) < 4.78 is 0. The molecule has 0 aromatic heterocycles. The molecule has 1 atom stereocenters. The molecule has 126 valence electrons. The lowest BCUT2D eigenvalue weighted by Crippen LogP contribution is -2.27. The Labute approximate surface area is 133 Å². The largest absolute Gasteiger partial charge is 0.346 e. The second-order valence-corrected chi connectivity index (χ2v) is 6.79. The van der Waals surface area contributed by atoms with Gasteiger partial charge >= 0.3 is 0 Å². The van der Waals surface area contributed by atoms with E-state index >= 15 is 0 Å². The molecule has 1 unspecified atom stereocenters. The zero-order valence-electron chi connectivity index (χ0n) is 15.2. The summed E-state index contributed by atoms with van der Waals surface area (Å²) in [6.07, 6.45) is 10.4. The van der Waals surface area contributed by atoms with E-state index in [1.54, 1.807) is 0 Å². The Morgan fingerprint density at radius 2 is 1.52 bits per heavy atom. The van der Waals surface area contributed by atoms with Crippen LogP contribution >= 0.6 is 0 Å². The minimum atomic E-state index is 0.326. The standard InChI is InChI=1S/C18H38N2O/c1-6-17(2)13-12-16-20(5)18(21)14-10-8-7-9-11-15-19(3)4/h17H,6-16H2,1-5H3. The van der Waals surface area contributed by atoms with Gasteiger partial charge < -0.3 is 9.80 Å². The van der Waals surface area contributed by atoms with Crippen LogP contribution in [-0.2, 0) is 4.79 Å². The van der Waals surface area contributed by atoms with Crippen molar-refractivity contribution in [3.05, 3.63) is 0 Å². The van der Waals surface area contributed by atoms with Gasteiger partial charge in [0.15, 0.2) is 0 Å². The van der Waals surface area contributed by atoms with E-state index in [0.29, 0.717) is 5.91 Å². The molecule has 0 aromatic carbocycles. The Morgan fingerprint density at radius 3 is 2.14 bits per heavy atom. The summed E-state index contributed by atoms with van der Waals surface area (Å²) in [7, 11) is 6.20. The Morgan fingerprint density at radius 1 is 0.905 bits per heavy atom. The monoisotopic (exact) mass is 298 g/mol. The maximum Gasteiger partial charge on any atom is 0.222 e. The molecule has 0 saturated heterocycles. The van der Waals surface area contributed by atoms with Gasteiger partial charge in [-0.05, 0) is 52.2 Å². The first-order chi connectivity index (χ1) is 9.97. The number of amides is 1. The molecule has 0 bridgehead atoms. The van der Waals surface area contributed by atoms with E-state index in [0.717, 1.165) is 31.7 Å². The first kappa shape index (κ1) is 20.4. The van der Waals surface area contributed by atoms with Gasteiger partial charge in [0, 0.05) is 20.0 Å². The normalized spacial score (nSPS) is 12.7. The first-order valence-corrected chi connectivity index (χ1v) is 8.86. The molecular formula is C18H38N2O. The molecule has 3 heteroatoms. The van der Waals surface area contributed by atoms with Gasteiger partial charge in [0.05, 0.1) is 0 Å². The molecule has 0 heterocycles. The lowest BCUT2D eigenvalue weighted by Gasteiger charge is -2.18. The van der Waals surface area contributed by atoms with Gasteiger partial charge in [-0.3, -0.25) is 4.79 Å². The summed E-state index contributed by atoms with van der Waals surface area (Å²) >= 11 is 0. The molecule has 1 amide bonds. The lowest BCUT2D eigenvalue weighted by molar-refractivity contribution is -0.130. The summed E-state index contributed by atoms with van der Waals surface area (Å²) in [4.78, 5) is 16.1. The lowest BCUT2D eigenvalue weighted by atomic mass is 10.0. The van der Waals surface area contributed by atoms with Crippen LogP contribution in [0.25, 0.3) is 0 Å². The number of hydrogen-bond donors (Lipinski definition) is 0. The zero-order valence-corrected chi connectivity index (χ0v) is 15.2. The predicted molar refractivity (Wildman–Crippen MR) is 92.6 cm³/mol. The fourth-order valence-electron chi connectivity index (χ4n) is 2.43. The zero-order chi connectivity index (χ0) is 16.1. The van der Waals surface area contributed by atoms with E-state index in [9.17, 15) is 4.79 Å². The number of nitrogens with zero attached hydrogens (tertiary/aromatic N) is 2. The fourth-order valence-corrected chi connectivity index (χ4v) is 2.43. The van der Waals surface area contributed by atoms with Crippen LogP contribution < -0.4 is 0 Å². The molecule has 0 aromatic rings. The van der Waals surface area contributed by atoms with Crippen molar-refractivity contribution in [3.8, 4) is 0 Å². The molecule has 3 nitrogen and oxygen atoms in total. The summed E-state index contributed by atoms with van der Waals surface area (Å²) in [5.74, 6) is 1.11. The van der Waals surface area contributed by atoms with Crippen molar-refractivity contribution >= 4 is 5.91 Å². The van der Waals surface area contributed by atoms with E-state index in [4.69, 9.17) is 0 Å². The third-order valence-electron chi connectivity index (χ3n) is 4.31. The van der Waals surface area contributed by atoms with Crippen molar-refractivity contribution in [2.75, 3.05) is 34.2 Å². The summed E-state index contributed by atoms with van der Waals surface area (Å²) in [5, 5.41) is 0. The maximum absolute atomic E-state index is 12.0. The third kappa shape index (κ3) is 12.9. The van der Waals surface area contributed by atoms with Gasteiger partial charge in [0.1, 0.15) is 0 Å². The summed E-state index contributed by atoms with van der Waals surface area (Å²) in [6, 6.07) is 0. The van der Waals surface area contributed by atoms with E-state index in [1.165, 1.54) is 45.1 Å². The number of unbranched alkanes of at least 4 members (excludes halogenated alkanes) is 4. The Kier molecular flexibility index (Phi) is 12.8. The molecule has 0 spiro atoms. The topological polar surface area (TPSA) is 23.6 Å². The highest BCUT2D eigenvalue weighted by molar-refractivity contribution is 5.75. The number of hydrogen-bond acceptors (Lipinski definition) is 2. The molecular weight excluding hydrogens is 260 g/mol. The van der Waals surface area contributed by atoms with E-state index < -0.39 is 0 Å².